The van der Waals surface area contributed by atoms with E-state index in [1.54, 1.807) is 0 Å². The first kappa shape index (κ1) is 15.4. The van der Waals surface area contributed by atoms with Crippen LogP contribution < -0.4 is 4.74 Å². The Labute approximate surface area is 163 Å². The molecule has 1 aliphatic rings. The van der Waals surface area contributed by atoms with Crippen LogP contribution in [0.1, 0.15) is 11.1 Å². The molecule has 0 bridgehead atoms. The van der Waals surface area contributed by atoms with Gasteiger partial charge in [-0.05, 0) is 47.0 Å². The zero-order valence-corrected chi connectivity index (χ0v) is 15.2. The first-order valence-electron chi connectivity index (χ1n) is 9.53. The molecule has 1 aliphatic heterocycles. The summed E-state index contributed by atoms with van der Waals surface area (Å²) in [6.45, 7) is 0. The van der Waals surface area contributed by atoms with Crippen LogP contribution in [0.2, 0.25) is 0 Å². The second kappa shape index (κ2) is 5.93. The smallest absolute Gasteiger partial charge is 0.131 e. The van der Waals surface area contributed by atoms with Gasteiger partial charge in [0.2, 0.25) is 0 Å². The Morgan fingerprint density at radius 2 is 1.39 bits per heavy atom. The minimum Gasteiger partial charge on any atom is -0.457 e. The van der Waals surface area contributed by atoms with Crippen molar-refractivity contribution < 1.29 is 4.74 Å². The van der Waals surface area contributed by atoms with Crippen molar-refractivity contribution in [3.8, 4) is 22.6 Å². The van der Waals surface area contributed by atoms with E-state index >= 15 is 0 Å². The van der Waals surface area contributed by atoms with Crippen molar-refractivity contribution in [3.63, 3.8) is 0 Å². The van der Waals surface area contributed by atoms with Crippen molar-refractivity contribution in [3.05, 3.63) is 102 Å². The van der Waals surface area contributed by atoms with Crippen LogP contribution in [0.4, 0.5) is 0 Å². The SMILES string of the molecule is c1ccc2c(c1)Cc1c(cccc1-c1cccc3nc4ccccc4cc13)O2. The van der Waals surface area contributed by atoms with Crippen molar-refractivity contribution in [1.82, 2.24) is 4.98 Å². The fourth-order valence-electron chi connectivity index (χ4n) is 4.19. The van der Waals surface area contributed by atoms with E-state index in [0.29, 0.717) is 0 Å². The molecule has 2 nitrogen and oxygen atoms in total. The number of ether oxygens (including phenoxy) is 1. The molecular formula is C26H17NO. The molecule has 5 aromatic rings. The third kappa shape index (κ3) is 2.31. The van der Waals surface area contributed by atoms with Crippen LogP contribution >= 0.6 is 0 Å². The number of nitrogens with zero attached hydrogens (tertiary/aromatic N) is 1. The highest BCUT2D eigenvalue weighted by atomic mass is 16.5. The second-order valence-electron chi connectivity index (χ2n) is 7.22. The van der Waals surface area contributed by atoms with Gasteiger partial charge in [-0.15, -0.1) is 0 Å². The highest BCUT2D eigenvalue weighted by Gasteiger charge is 2.20. The summed E-state index contributed by atoms with van der Waals surface area (Å²) in [5.74, 6) is 1.90. The number of fused-ring (bicyclic) bond motifs is 4. The third-order valence-electron chi connectivity index (χ3n) is 5.54. The second-order valence-corrected chi connectivity index (χ2v) is 7.22. The molecule has 0 atom stereocenters. The molecule has 0 unspecified atom stereocenters. The van der Waals surface area contributed by atoms with Gasteiger partial charge in [-0.25, -0.2) is 4.98 Å². The van der Waals surface area contributed by atoms with E-state index in [2.05, 4.69) is 72.8 Å². The molecule has 0 aliphatic carbocycles. The van der Waals surface area contributed by atoms with Crippen molar-refractivity contribution >= 4 is 21.8 Å². The van der Waals surface area contributed by atoms with E-state index in [-0.39, 0.29) is 0 Å². The van der Waals surface area contributed by atoms with Crippen molar-refractivity contribution in [1.29, 1.82) is 0 Å². The van der Waals surface area contributed by atoms with E-state index in [4.69, 9.17) is 9.72 Å². The van der Waals surface area contributed by atoms with Gasteiger partial charge in [0, 0.05) is 22.8 Å². The van der Waals surface area contributed by atoms with Gasteiger partial charge in [0.25, 0.3) is 0 Å². The molecule has 28 heavy (non-hydrogen) atoms. The summed E-state index contributed by atoms with van der Waals surface area (Å²) >= 11 is 0. The summed E-state index contributed by atoms with van der Waals surface area (Å²) in [6, 6.07) is 31.5. The molecule has 0 radical (unpaired) electrons. The van der Waals surface area contributed by atoms with Gasteiger partial charge in [0.1, 0.15) is 11.5 Å². The lowest BCUT2D eigenvalue weighted by Crippen LogP contribution is -2.04. The lowest BCUT2D eigenvalue weighted by Gasteiger charge is -2.23. The predicted molar refractivity (Wildman–Crippen MR) is 114 cm³/mol. The van der Waals surface area contributed by atoms with E-state index < -0.39 is 0 Å². The number of benzene rings is 4. The number of hydrogen-bond acceptors (Lipinski definition) is 2. The molecule has 0 amide bonds. The van der Waals surface area contributed by atoms with Crippen molar-refractivity contribution in [2.75, 3.05) is 0 Å². The molecule has 0 fully saturated rings. The van der Waals surface area contributed by atoms with Crippen molar-refractivity contribution in [2.45, 2.75) is 6.42 Å². The average Bonchev–Trinajstić information content (AvgIpc) is 2.75. The monoisotopic (exact) mass is 359 g/mol. The molecule has 0 N–H and O–H groups in total. The average molecular weight is 359 g/mol. The molecule has 0 spiro atoms. The topological polar surface area (TPSA) is 22.1 Å². The van der Waals surface area contributed by atoms with Crippen LogP contribution in [-0.4, -0.2) is 4.98 Å². The summed E-state index contributed by atoms with van der Waals surface area (Å²) in [5, 5.41) is 2.34. The molecular weight excluding hydrogens is 342 g/mol. The number of pyridine rings is 1. The minimum atomic E-state index is 0.874. The summed E-state index contributed by atoms with van der Waals surface area (Å²) in [4.78, 5) is 4.88. The zero-order valence-electron chi connectivity index (χ0n) is 15.2. The summed E-state index contributed by atoms with van der Waals surface area (Å²) < 4.78 is 6.21. The maximum Gasteiger partial charge on any atom is 0.131 e. The molecule has 2 heteroatoms. The van der Waals surface area contributed by atoms with Gasteiger partial charge >= 0.3 is 0 Å². The van der Waals surface area contributed by atoms with Gasteiger partial charge in [0.15, 0.2) is 0 Å². The van der Waals surface area contributed by atoms with Gasteiger partial charge in [0.05, 0.1) is 11.0 Å². The van der Waals surface area contributed by atoms with E-state index in [1.165, 1.54) is 27.6 Å². The van der Waals surface area contributed by atoms with Gasteiger partial charge < -0.3 is 4.74 Å². The third-order valence-corrected chi connectivity index (χ3v) is 5.54. The zero-order chi connectivity index (χ0) is 18.5. The first-order valence-corrected chi connectivity index (χ1v) is 9.53. The fourth-order valence-corrected chi connectivity index (χ4v) is 4.19. The van der Waals surface area contributed by atoms with Gasteiger partial charge in [-0.3, -0.25) is 0 Å². The Bertz CT molecular complexity index is 1370. The van der Waals surface area contributed by atoms with Crippen LogP contribution in [0.15, 0.2) is 91.0 Å². The number of aromatic nitrogens is 1. The molecule has 0 saturated heterocycles. The highest BCUT2D eigenvalue weighted by molar-refractivity contribution is 6.01. The highest BCUT2D eigenvalue weighted by Crippen LogP contribution is 2.42. The minimum absolute atomic E-state index is 0.874. The number of para-hydroxylation sites is 2. The van der Waals surface area contributed by atoms with E-state index in [0.717, 1.165) is 34.3 Å². The molecule has 132 valence electrons. The van der Waals surface area contributed by atoms with Crippen LogP contribution in [0.3, 0.4) is 0 Å². The van der Waals surface area contributed by atoms with E-state index in [9.17, 15) is 0 Å². The van der Waals surface area contributed by atoms with Crippen LogP contribution in [0.5, 0.6) is 11.5 Å². The van der Waals surface area contributed by atoms with Gasteiger partial charge in [-0.2, -0.15) is 0 Å². The molecule has 0 saturated carbocycles. The largest absolute Gasteiger partial charge is 0.457 e. The van der Waals surface area contributed by atoms with Crippen LogP contribution in [-0.2, 0) is 6.42 Å². The summed E-state index contributed by atoms with van der Waals surface area (Å²) in [6.07, 6.45) is 0.874. The number of hydrogen-bond donors (Lipinski definition) is 0. The Hall–Kier alpha value is -3.65. The Balaban J connectivity index is 1.60. The molecule has 1 aromatic heterocycles. The maximum atomic E-state index is 6.21. The Morgan fingerprint density at radius 3 is 2.39 bits per heavy atom. The summed E-state index contributed by atoms with van der Waals surface area (Å²) in [5.41, 5.74) is 6.93. The predicted octanol–water partition coefficient (Wildman–Crippen LogP) is 6.75. The number of rotatable bonds is 1. The first-order chi connectivity index (χ1) is 13.9. The van der Waals surface area contributed by atoms with E-state index in [1.807, 2.05) is 18.2 Å². The molecule has 4 aromatic carbocycles. The van der Waals surface area contributed by atoms with Crippen LogP contribution in [0.25, 0.3) is 32.9 Å². The Morgan fingerprint density at radius 1 is 0.643 bits per heavy atom. The van der Waals surface area contributed by atoms with Crippen LogP contribution in [0, 0.1) is 0 Å². The lowest BCUT2D eigenvalue weighted by atomic mass is 9.90. The normalized spacial score (nSPS) is 12.4. The lowest BCUT2D eigenvalue weighted by molar-refractivity contribution is 0.460. The van der Waals surface area contributed by atoms with Crippen molar-refractivity contribution in [2.24, 2.45) is 0 Å². The fraction of sp³-hybridized carbons (Fsp3) is 0.0385. The quantitative estimate of drug-likeness (QED) is 0.303. The molecule has 6 rings (SSSR count). The Kier molecular flexibility index (Phi) is 3.26. The summed E-state index contributed by atoms with van der Waals surface area (Å²) in [7, 11) is 0. The standard InChI is InChI=1S/C26H17NO/c1-3-11-23-17(7-1)15-21-19(9-5-12-24(21)27-23)20-10-6-14-26-22(20)16-18-8-2-4-13-25(18)28-26/h1-15H,16H2. The molecule has 2 heterocycles. The van der Waals surface area contributed by atoms with Gasteiger partial charge in [-0.1, -0.05) is 60.7 Å². The maximum absolute atomic E-state index is 6.21.